The van der Waals surface area contributed by atoms with Gasteiger partial charge in [-0.15, -0.1) is 0 Å². The number of hydrogen-bond donors (Lipinski definition) is 2. The molecule has 0 aliphatic carbocycles. The predicted molar refractivity (Wildman–Crippen MR) is 86.8 cm³/mol. The highest BCUT2D eigenvalue weighted by atomic mass is 32.2. The fourth-order valence-electron chi connectivity index (χ4n) is 1.86. The molecule has 1 aromatic rings. The minimum atomic E-state index is -1.12. The summed E-state index contributed by atoms with van der Waals surface area (Å²) in [6, 6.07) is 3.62. The Bertz CT molecular complexity index is 686. The maximum atomic E-state index is 12.3. The van der Waals surface area contributed by atoms with Gasteiger partial charge in [-0.3, -0.25) is 9.69 Å². The third-order valence-electron chi connectivity index (χ3n) is 3.07. The molecule has 0 radical (unpaired) electrons. The van der Waals surface area contributed by atoms with Gasteiger partial charge in [-0.25, -0.2) is 4.79 Å². The van der Waals surface area contributed by atoms with E-state index in [-0.39, 0.29) is 15.8 Å². The smallest absolute Gasteiger partial charge is 0.326 e. The van der Waals surface area contributed by atoms with Crippen LogP contribution < -0.4 is 4.74 Å². The number of ether oxygens (including phenoxy) is 1. The summed E-state index contributed by atoms with van der Waals surface area (Å²) in [6.07, 6.45) is 1.58. The van der Waals surface area contributed by atoms with Crippen molar-refractivity contribution in [3.63, 3.8) is 0 Å². The standard InChI is InChI=1S/C14H13NO5S2/c1-7(13(18)19)15-12(17)11(22-14(15)21)6-8-3-4-9(16)10(5-8)20-2/h3-7,16H,1-2H3,(H,18,19)/b11-6-. The van der Waals surface area contributed by atoms with Gasteiger partial charge >= 0.3 is 5.97 Å². The van der Waals surface area contributed by atoms with E-state index in [0.29, 0.717) is 10.5 Å². The highest BCUT2D eigenvalue weighted by Gasteiger charge is 2.38. The molecule has 0 bridgehead atoms. The molecule has 22 heavy (non-hydrogen) atoms. The van der Waals surface area contributed by atoms with E-state index in [9.17, 15) is 14.7 Å². The van der Waals surface area contributed by atoms with E-state index >= 15 is 0 Å². The SMILES string of the molecule is COc1cc(/C=C2\SC(=S)N(C(C)C(=O)O)C2=O)ccc1O. The van der Waals surface area contributed by atoms with E-state index in [1.807, 2.05) is 0 Å². The number of amides is 1. The van der Waals surface area contributed by atoms with Gasteiger partial charge in [-0.05, 0) is 30.7 Å². The van der Waals surface area contributed by atoms with Gasteiger partial charge in [0.05, 0.1) is 12.0 Å². The van der Waals surface area contributed by atoms with Crippen LogP contribution in [0.3, 0.4) is 0 Å². The minimum Gasteiger partial charge on any atom is -0.504 e. The molecule has 6 nitrogen and oxygen atoms in total. The van der Waals surface area contributed by atoms with Crippen molar-refractivity contribution in [1.82, 2.24) is 4.90 Å². The molecule has 8 heteroatoms. The molecular weight excluding hydrogens is 326 g/mol. The Hall–Kier alpha value is -2.06. The highest BCUT2D eigenvalue weighted by molar-refractivity contribution is 8.26. The first kappa shape index (κ1) is 16.3. The normalized spacial score (nSPS) is 17.9. The first-order chi connectivity index (χ1) is 10.3. The number of nitrogens with zero attached hydrogens (tertiary/aromatic N) is 1. The summed E-state index contributed by atoms with van der Waals surface area (Å²) in [5, 5.41) is 18.6. The molecule has 0 spiro atoms. The second-order valence-corrected chi connectivity index (χ2v) is 6.17. The Morgan fingerprint density at radius 1 is 1.50 bits per heavy atom. The van der Waals surface area contributed by atoms with Crippen molar-refractivity contribution >= 4 is 46.3 Å². The van der Waals surface area contributed by atoms with Gasteiger partial charge in [0, 0.05) is 0 Å². The van der Waals surface area contributed by atoms with E-state index in [2.05, 4.69) is 0 Å². The first-order valence-corrected chi connectivity index (χ1v) is 7.44. The molecule has 1 aliphatic rings. The molecule has 1 amide bonds. The molecule has 1 aliphatic heterocycles. The van der Waals surface area contributed by atoms with Gasteiger partial charge in [-0.1, -0.05) is 30.0 Å². The number of hydrogen-bond acceptors (Lipinski definition) is 6. The largest absolute Gasteiger partial charge is 0.504 e. The van der Waals surface area contributed by atoms with Crippen LogP contribution in [-0.4, -0.2) is 44.5 Å². The lowest BCUT2D eigenvalue weighted by Gasteiger charge is -2.18. The van der Waals surface area contributed by atoms with Gasteiger partial charge in [0.2, 0.25) is 0 Å². The molecule has 1 fully saturated rings. The molecule has 1 atom stereocenters. The number of carbonyl (C=O) groups excluding carboxylic acids is 1. The molecule has 2 N–H and O–H groups in total. The third kappa shape index (κ3) is 3.07. The number of methoxy groups -OCH3 is 1. The van der Waals surface area contributed by atoms with Crippen molar-refractivity contribution in [2.45, 2.75) is 13.0 Å². The maximum absolute atomic E-state index is 12.3. The summed E-state index contributed by atoms with van der Waals surface area (Å²) >= 11 is 6.12. The van der Waals surface area contributed by atoms with Crippen molar-refractivity contribution in [2.24, 2.45) is 0 Å². The number of phenols is 1. The Labute approximate surface area is 136 Å². The van der Waals surface area contributed by atoms with Gasteiger partial charge in [0.15, 0.2) is 11.5 Å². The quantitative estimate of drug-likeness (QED) is 0.641. The summed E-state index contributed by atoms with van der Waals surface area (Å²) in [6.45, 7) is 1.40. The van der Waals surface area contributed by atoms with Crippen LogP contribution in [0.2, 0.25) is 0 Å². The topological polar surface area (TPSA) is 87.1 Å². The number of phenolic OH excluding ortho intramolecular Hbond substituents is 1. The Kier molecular flexibility index (Phi) is 4.72. The fraction of sp³-hybridized carbons (Fsp3) is 0.214. The average Bonchev–Trinajstić information content (AvgIpc) is 2.74. The van der Waals surface area contributed by atoms with Crippen LogP contribution in [0.1, 0.15) is 12.5 Å². The zero-order valence-electron chi connectivity index (χ0n) is 11.8. The Morgan fingerprint density at radius 2 is 2.18 bits per heavy atom. The van der Waals surface area contributed by atoms with Crippen LogP contribution in [0.25, 0.3) is 6.08 Å². The average molecular weight is 339 g/mol. The van der Waals surface area contributed by atoms with Crippen LogP contribution in [0.15, 0.2) is 23.1 Å². The van der Waals surface area contributed by atoms with Crippen LogP contribution in [0.5, 0.6) is 11.5 Å². The number of aliphatic carboxylic acids is 1. The maximum Gasteiger partial charge on any atom is 0.326 e. The number of carboxylic acid groups (broad SMARTS) is 1. The number of carbonyl (C=O) groups is 2. The summed E-state index contributed by atoms with van der Waals surface area (Å²) in [5.41, 5.74) is 0.637. The highest BCUT2D eigenvalue weighted by Crippen LogP contribution is 2.35. The van der Waals surface area contributed by atoms with Gasteiger partial charge in [-0.2, -0.15) is 0 Å². The number of thiocarbonyl (C=S) groups is 1. The van der Waals surface area contributed by atoms with Crippen molar-refractivity contribution in [1.29, 1.82) is 0 Å². The van der Waals surface area contributed by atoms with E-state index in [4.69, 9.17) is 22.1 Å². The van der Waals surface area contributed by atoms with E-state index < -0.39 is 17.9 Å². The number of carboxylic acids is 1. The van der Waals surface area contributed by atoms with Crippen LogP contribution in [-0.2, 0) is 9.59 Å². The Balaban J connectivity index is 2.32. The van der Waals surface area contributed by atoms with Gasteiger partial charge < -0.3 is 14.9 Å². The summed E-state index contributed by atoms with van der Waals surface area (Å²) < 4.78 is 5.21. The zero-order chi connectivity index (χ0) is 16.4. The molecule has 2 rings (SSSR count). The molecule has 1 saturated heterocycles. The monoisotopic (exact) mass is 339 g/mol. The van der Waals surface area contributed by atoms with Crippen molar-refractivity contribution in [3.05, 3.63) is 28.7 Å². The second kappa shape index (κ2) is 6.37. The van der Waals surface area contributed by atoms with Crippen molar-refractivity contribution in [2.75, 3.05) is 7.11 Å². The lowest BCUT2D eigenvalue weighted by atomic mass is 10.2. The van der Waals surface area contributed by atoms with Crippen LogP contribution >= 0.6 is 24.0 Å². The molecule has 0 aromatic heterocycles. The Morgan fingerprint density at radius 3 is 2.77 bits per heavy atom. The van der Waals surface area contributed by atoms with E-state index in [1.165, 1.54) is 20.1 Å². The van der Waals surface area contributed by atoms with Gasteiger partial charge in [0.1, 0.15) is 10.4 Å². The minimum absolute atomic E-state index is 0.00769. The van der Waals surface area contributed by atoms with E-state index in [0.717, 1.165) is 16.7 Å². The molecular formula is C14H13NO5S2. The summed E-state index contributed by atoms with van der Waals surface area (Å²) in [7, 11) is 1.42. The molecule has 0 saturated carbocycles. The number of benzene rings is 1. The molecule has 116 valence electrons. The zero-order valence-corrected chi connectivity index (χ0v) is 13.4. The second-order valence-electron chi connectivity index (χ2n) is 4.50. The molecule has 1 aromatic carbocycles. The lowest BCUT2D eigenvalue weighted by molar-refractivity contribution is -0.144. The summed E-state index contributed by atoms with van der Waals surface area (Å²) in [5.74, 6) is -1.30. The van der Waals surface area contributed by atoms with Gasteiger partial charge in [0.25, 0.3) is 5.91 Å². The first-order valence-electron chi connectivity index (χ1n) is 6.22. The van der Waals surface area contributed by atoms with Crippen molar-refractivity contribution < 1.29 is 24.5 Å². The summed E-state index contributed by atoms with van der Waals surface area (Å²) in [4.78, 5) is 24.7. The molecule has 1 unspecified atom stereocenters. The lowest BCUT2D eigenvalue weighted by Crippen LogP contribution is -2.41. The number of rotatable bonds is 4. The number of thioether (sulfide) groups is 1. The predicted octanol–water partition coefficient (Wildman–Crippen LogP) is 2.08. The molecule has 1 heterocycles. The van der Waals surface area contributed by atoms with Crippen molar-refractivity contribution in [3.8, 4) is 11.5 Å². The fourth-order valence-corrected chi connectivity index (χ4v) is 3.28. The van der Waals surface area contributed by atoms with Crippen LogP contribution in [0.4, 0.5) is 0 Å². The number of aromatic hydroxyl groups is 1. The van der Waals surface area contributed by atoms with E-state index in [1.54, 1.807) is 18.2 Å². The third-order valence-corrected chi connectivity index (χ3v) is 4.40. The van der Waals surface area contributed by atoms with Crippen LogP contribution in [0, 0.1) is 0 Å².